The van der Waals surface area contributed by atoms with Crippen molar-refractivity contribution in [1.29, 1.82) is 0 Å². The van der Waals surface area contributed by atoms with Gasteiger partial charge in [0.15, 0.2) is 11.5 Å². The topological polar surface area (TPSA) is 77.5 Å². The van der Waals surface area contributed by atoms with Gasteiger partial charge < -0.3 is 24.8 Å². The smallest absolute Gasteiger partial charge is 0.229 e. The van der Waals surface area contributed by atoms with Gasteiger partial charge in [0, 0.05) is 18.3 Å². The number of hydrogen-bond acceptors (Lipinski definition) is 7. The Labute approximate surface area is 171 Å². The number of nitrogens with zero attached hydrogens (tertiary/aromatic N) is 2. The van der Waals surface area contributed by atoms with Crippen molar-refractivity contribution in [2.45, 2.75) is 13.3 Å². The van der Waals surface area contributed by atoms with Crippen LogP contribution in [0.5, 0.6) is 17.2 Å². The van der Waals surface area contributed by atoms with Crippen molar-refractivity contribution < 1.29 is 14.2 Å². The van der Waals surface area contributed by atoms with Crippen LogP contribution in [0.2, 0.25) is 0 Å². The first-order valence-corrected chi connectivity index (χ1v) is 9.33. The van der Waals surface area contributed by atoms with Gasteiger partial charge in [-0.3, -0.25) is 0 Å². The Balaban J connectivity index is 1.66. The molecule has 0 fully saturated rings. The normalized spacial score (nSPS) is 10.3. The second-order valence-corrected chi connectivity index (χ2v) is 6.41. The molecule has 0 saturated carbocycles. The maximum absolute atomic E-state index is 5.37. The summed E-state index contributed by atoms with van der Waals surface area (Å²) in [4.78, 5) is 9.03. The molecule has 0 unspecified atom stereocenters. The van der Waals surface area contributed by atoms with E-state index in [0.717, 1.165) is 53.0 Å². The first-order valence-electron chi connectivity index (χ1n) is 9.33. The van der Waals surface area contributed by atoms with Crippen LogP contribution in [0.1, 0.15) is 11.3 Å². The van der Waals surface area contributed by atoms with E-state index in [-0.39, 0.29) is 0 Å². The molecule has 2 N–H and O–H groups in total. The molecule has 0 aliphatic heterocycles. The first kappa shape index (κ1) is 20.3. The second-order valence-electron chi connectivity index (χ2n) is 6.41. The zero-order valence-corrected chi connectivity index (χ0v) is 17.2. The van der Waals surface area contributed by atoms with E-state index < -0.39 is 0 Å². The minimum atomic E-state index is 0.517. The van der Waals surface area contributed by atoms with Crippen LogP contribution < -0.4 is 24.8 Å². The van der Waals surface area contributed by atoms with Gasteiger partial charge in [-0.1, -0.05) is 18.2 Å². The number of aromatic nitrogens is 2. The molecule has 0 aliphatic rings. The average molecular weight is 394 g/mol. The fraction of sp³-hybridized carbons (Fsp3) is 0.273. The van der Waals surface area contributed by atoms with Crippen molar-refractivity contribution in [3.05, 3.63) is 59.8 Å². The summed E-state index contributed by atoms with van der Waals surface area (Å²) in [6, 6.07) is 15.5. The highest BCUT2D eigenvalue weighted by atomic mass is 16.5. The van der Waals surface area contributed by atoms with E-state index in [4.69, 9.17) is 14.2 Å². The predicted molar refractivity (Wildman–Crippen MR) is 115 cm³/mol. The van der Waals surface area contributed by atoms with E-state index in [1.54, 1.807) is 21.3 Å². The van der Waals surface area contributed by atoms with Gasteiger partial charge in [0.25, 0.3) is 0 Å². The standard InChI is InChI=1S/C22H26N4O3/c1-15-13-21(23-12-11-16-9-10-19(28-3)20(14-16)29-4)26-22(24-15)25-17-7-5-6-8-18(17)27-2/h5-10,13-14H,11-12H2,1-4H3,(H2,23,24,25,26). The van der Waals surface area contributed by atoms with E-state index in [1.807, 2.05) is 55.5 Å². The van der Waals surface area contributed by atoms with Crippen LogP contribution >= 0.6 is 0 Å². The highest BCUT2D eigenvalue weighted by Gasteiger charge is 2.07. The molecular formula is C22H26N4O3. The van der Waals surface area contributed by atoms with Crippen molar-refractivity contribution in [2.75, 3.05) is 38.5 Å². The molecule has 0 aliphatic carbocycles. The van der Waals surface area contributed by atoms with Crippen LogP contribution in [-0.2, 0) is 6.42 Å². The number of aryl methyl sites for hydroxylation is 1. The minimum absolute atomic E-state index is 0.517. The van der Waals surface area contributed by atoms with E-state index >= 15 is 0 Å². The highest BCUT2D eigenvalue weighted by Crippen LogP contribution is 2.28. The third-order valence-electron chi connectivity index (χ3n) is 4.38. The van der Waals surface area contributed by atoms with Crippen LogP contribution in [0, 0.1) is 6.92 Å². The Morgan fingerprint density at radius 3 is 2.34 bits per heavy atom. The molecule has 0 amide bonds. The molecule has 0 saturated heterocycles. The van der Waals surface area contributed by atoms with E-state index in [2.05, 4.69) is 20.6 Å². The molecule has 0 radical (unpaired) electrons. The summed E-state index contributed by atoms with van der Waals surface area (Å²) in [6.07, 6.45) is 0.818. The van der Waals surface area contributed by atoms with Gasteiger partial charge >= 0.3 is 0 Å². The lowest BCUT2D eigenvalue weighted by Gasteiger charge is -2.13. The van der Waals surface area contributed by atoms with Gasteiger partial charge in [0.05, 0.1) is 27.0 Å². The number of anilines is 3. The van der Waals surface area contributed by atoms with E-state index in [1.165, 1.54) is 0 Å². The average Bonchev–Trinajstić information content (AvgIpc) is 2.73. The Bertz CT molecular complexity index is 963. The third-order valence-corrected chi connectivity index (χ3v) is 4.38. The molecule has 0 atom stereocenters. The lowest BCUT2D eigenvalue weighted by molar-refractivity contribution is 0.354. The summed E-state index contributed by atoms with van der Waals surface area (Å²) >= 11 is 0. The number of rotatable bonds is 9. The number of nitrogens with one attached hydrogen (secondary N) is 2. The summed E-state index contributed by atoms with van der Waals surface area (Å²) < 4.78 is 16.0. The van der Waals surface area contributed by atoms with Crippen LogP contribution in [0.3, 0.4) is 0 Å². The summed E-state index contributed by atoms with van der Waals surface area (Å²) in [7, 11) is 4.91. The van der Waals surface area contributed by atoms with E-state index in [0.29, 0.717) is 5.95 Å². The van der Waals surface area contributed by atoms with E-state index in [9.17, 15) is 0 Å². The van der Waals surface area contributed by atoms with Gasteiger partial charge in [-0.2, -0.15) is 4.98 Å². The quantitative estimate of drug-likeness (QED) is 0.563. The largest absolute Gasteiger partial charge is 0.495 e. The van der Waals surface area contributed by atoms with Crippen LogP contribution in [0.4, 0.5) is 17.5 Å². The lowest BCUT2D eigenvalue weighted by atomic mass is 10.1. The van der Waals surface area contributed by atoms with Crippen molar-refractivity contribution in [1.82, 2.24) is 9.97 Å². The minimum Gasteiger partial charge on any atom is -0.495 e. The zero-order valence-electron chi connectivity index (χ0n) is 17.2. The maximum atomic E-state index is 5.37. The fourth-order valence-electron chi connectivity index (χ4n) is 2.95. The molecule has 2 aromatic carbocycles. The van der Waals surface area contributed by atoms with Crippen LogP contribution in [0.25, 0.3) is 0 Å². The van der Waals surface area contributed by atoms with Crippen LogP contribution in [0.15, 0.2) is 48.5 Å². The van der Waals surface area contributed by atoms with Crippen LogP contribution in [-0.4, -0.2) is 37.8 Å². The Morgan fingerprint density at radius 2 is 1.59 bits per heavy atom. The maximum Gasteiger partial charge on any atom is 0.229 e. The van der Waals surface area contributed by atoms with Crippen molar-refractivity contribution in [2.24, 2.45) is 0 Å². The fourth-order valence-corrected chi connectivity index (χ4v) is 2.95. The molecule has 3 aromatic rings. The Morgan fingerprint density at radius 1 is 0.828 bits per heavy atom. The number of methoxy groups -OCH3 is 3. The molecule has 7 nitrogen and oxygen atoms in total. The van der Waals surface area contributed by atoms with Gasteiger partial charge in [0.1, 0.15) is 11.6 Å². The Hall–Kier alpha value is -3.48. The number of benzene rings is 2. The summed E-state index contributed by atoms with van der Waals surface area (Å²) in [5, 5.41) is 6.58. The van der Waals surface area contributed by atoms with Gasteiger partial charge in [-0.25, -0.2) is 4.98 Å². The van der Waals surface area contributed by atoms with Crippen molar-refractivity contribution >= 4 is 17.5 Å². The SMILES string of the molecule is COc1ccccc1Nc1nc(C)cc(NCCc2ccc(OC)c(OC)c2)n1. The molecule has 0 bridgehead atoms. The molecule has 1 heterocycles. The van der Waals surface area contributed by atoms with Crippen molar-refractivity contribution in [3.63, 3.8) is 0 Å². The molecule has 0 spiro atoms. The molecule has 152 valence electrons. The Kier molecular flexibility index (Phi) is 6.73. The molecule has 3 rings (SSSR count). The van der Waals surface area contributed by atoms with Gasteiger partial charge in [0.2, 0.25) is 5.95 Å². The third kappa shape index (κ3) is 5.28. The highest BCUT2D eigenvalue weighted by molar-refractivity contribution is 5.63. The zero-order chi connectivity index (χ0) is 20.6. The molecule has 7 heteroatoms. The molecular weight excluding hydrogens is 368 g/mol. The molecule has 29 heavy (non-hydrogen) atoms. The number of para-hydroxylation sites is 2. The summed E-state index contributed by atoms with van der Waals surface area (Å²) in [5.41, 5.74) is 2.83. The first-order chi connectivity index (χ1) is 14.1. The lowest BCUT2D eigenvalue weighted by Crippen LogP contribution is -2.09. The number of hydrogen-bond donors (Lipinski definition) is 2. The molecule has 1 aromatic heterocycles. The van der Waals surface area contributed by atoms with Gasteiger partial charge in [-0.05, 0) is 43.2 Å². The summed E-state index contributed by atoms with van der Waals surface area (Å²) in [5.74, 6) is 3.47. The monoisotopic (exact) mass is 394 g/mol. The van der Waals surface area contributed by atoms with Gasteiger partial charge in [-0.15, -0.1) is 0 Å². The predicted octanol–water partition coefficient (Wildman–Crippen LogP) is 4.21. The second kappa shape index (κ2) is 9.64. The number of ether oxygens (including phenoxy) is 3. The summed E-state index contributed by atoms with van der Waals surface area (Å²) in [6.45, 7) is 2.66. The van der Waals surface area contributed by atoms with Crippen molar-refractivity contribution in [3.8, 4) is 17.2 Å².